The average Bonchev–Trinajstić information content (AvgIpc) is 2.45. The Balaban J connectivity index is 2.21. The molecule has 2 rings (SSSR count). The third-order valence-corrected chi connectivity index (χ3v) is 4.99. The van der Waals surface area contributed by atoms with Crippen LogP contribution in [0, 0.1) is 0 Å². The van der Waals surface area contributed by atoms with E-state index in [0.717, 1.165) is 6.26 Å². The summed E-state index contributed by atoms with van der Waals surface area (Å²) < 4.78 is 28.2. The summed E-state index contributed by atoms with van der Waals surface area (Å²) in [5.41, 5.74) is 0.541. The molecule has 0 unspecified atom stereocenters. The molecule has 0 amide bonds. The summed E-state index contributed by atoms with van der Waals surface area (Å²) in [4.78, 5) is 12.1. The lowest BCUT2D eigenvalue weighted by Gasteiger charge is -2.09. The third kappa shape index (κ3) is 4.61. The van der Waals surface area contributed by atoms with Crippen molar-refractivity contribution in [3.63, 3.8) is 0 Å². The fraction of sp³-hybridized carbons (Fsp3) is 0.133. The summed E-state index contributed by atoms with van der Waals surface area (Å²) >= 11 is 17.7. The highest BCUT2D eigenvalue weighted by Gasteiger charge is 2.17. The Hall–Kier alpha value is -1.27. The molecule has 0 N–H and O–H groups in total. The van der Waals surface area contributed by atoms with Crippen LogP contribution in [0.15, 0.2) is 41.3 Å². The average molecular weight is 394 g/mol. The van der Waals surface area contributed by atoms with Crippen LogP contribution < -0.4 is 0 Å². The molecule has 0 atom stereocenters. The lowest BCUT2D eigenvalue weighted by atomic mass is 10.2. The van der Waals surface area contributed by atoms with E-state index in [1.54, 1.807) is 12.1 Å². The standard InChI is InChI=1S/C15H11Cl3O4S/c1-23(20,21)11-4-5-13(17)12(7-11)15(19)22-8-9-2-3-10(16)6-14(9)18/h2-7H,8H2,1H3. The molecule has 2 aromatic rings. The van der Waals surface area contributed by atoms with E-state index < -0.39 is 15.8 Å². The molecule has 4 nitrogen and oxygen atoms in total. The summed E-state index contributed by atoms with van der Waals surface area (Å²) in [5, 5.41) is 0.930. The first kappa shape index (κ1) is 18.1. The highest BCUT2D eigenvalue weighted by atomic mass is 35.5. The number of hydrogen-bond acceptors (Lipinski definition) is 4. The number of ether oxygens (including phenoxy) is 1. The van der Waals surface area contributed by atoms with Gasteiger partial charge in [0, 0.05) is 21.9 Å². The quantitative estimate of drug-likeness (QED) is 0.722. The third-order valence-electron chi connectivity index (χ3n) is 2.96. The van der Waals surface area contributed by atoms with Crippen molar-refractivity contribution in [2.75, 3.05) is 6.26 Å². The first-order valence-electron chi connectivity index (χ1n) is 6.29. The SMILES string of the molecule is CS(=O)(=O)c1ccc(Cl)c(C(=O)OCc2ccc(Cl)cc2Cl)c1. The molecule has 0 bridgehead atoms. The fourth-order valence-electron chi connectivity index (χ4n) is 1.75. The van der Waals surface area contributed by atoms with Crippen LogP contribution in [0.4, 0.5) is 0 Å². The molecule has 0 aliphatic carbocycles. The van der Waals surface area contributed by atoms with E-state index in [4.69, 9.17) is 39.5 Å². The molecular formula is C15H11Cl3O4S. The molecular weight excluding hydrogens is 383 g/mol. The van der Waals surface area contributed by atoms with E-state index in [-0.39, 0.29) is 22.1 Å². The molecule has 0 spiro atoms. The normalized spacial score (nSPS) is 11.3. The molecule has 0 heterocycles. The van der Waals surface area contributed by atoms with Gasteiger partial charge >= 0.3 is 5.97 Å². The minimum Gasteiger partial charge on any atom is -0.457 e. The second-order valence-corrected chi connectivity index (χ2v) is 7.99. The van der Waals surface area contributed by atoms with Crippen molar-refractivity contribution < 1.29 is 17.9 Å². The van der Waals surface area contributed by atoms with Gasteiger partial charge in [0.2, 0.25) is 0 Å². The van der Waals surface area contributed by atoms with Crippen molar-refractivity contribution in [3.05, 3.63) is 62.6 Å². The topological polar surface area (TPSA) is 60.4 Å². The number of esters is 1. The van der Waals surface area contributed by atoms with Crippen LogP contribution in [0.1, 0.15) is 15.9 Å². The second kappa shape index (κ2) is 7.09. The number of sulfone groups is 1. The Morgan fingerprint density at radius 3 is 2.35 bits per heavy atom. The van der Waals surface area contributed by atoms with Gasteiger partial charge in [-0.25, -0.2) is 13.2 Å². The zero-order valence-corrected chi connectivity index (χ0v) is 14.9. The van der Waals surface area contributed by atoms with Gasteiger partial charge in [0.05, 0.1) is 15.5 Å². The maximum Gasteiger partial charge on any atom is 0.340 e. The number of carbonyl (C=O) groups excluding carboxylic acids is 1. The lowest BCUT2D eigenvalue weighted by Crippen LogP contribution is -2.08. The van der Waals surface area contributed by atoms with Crippen LogP contribution in [0.2, 0.25) is 15.1 Å². The van der Waals surface area contributed by atoms with Gasteiger partial charge in [-0.15, -0.1) is 0 Å². The van der Waals surface area contributed by atoms with Crippen LogP contribution in [0.3, 0.4) is 0 Å². The van der Waals surface area contributed by atoms with E-state index in [1.165, 1.54) is 24.3 Å². The van der Waals surface area contributed by atoms with E-state index in [9.17, 15) is 13.2 Å². The van der Waals surface area contributed by atoms with Crippen molar-refractivity contribution >= 4 is 50.6 Å². The largest absolute Gasteiger partial charge is 0.457 e. The molecule has 0 saturated carbocycles. The summed E-state index contributed by atoms with van der Waals surface area (Å²) in [6, 6.07) is 8.63. The van der Waals surface area contributed by atoms with Crippen LogP contribution in [-0.2, 0) is 21.2 Å². The number of halogens is 3. The van der Waals surface area contributed by atoms with Crippen molar-refractivity contribution in [1.82, 2.24) is 0 Å². The Morgan fingerprint density at radius 2 is 1.74 bits per heavy atom. The Kier molecular flexibility index (Phi) is 5.57. The second-order valence-electron chi connectivity index (χ2n) is 4.73. The van der Waals surface area contributed by atoms with Gasteiger partial charge in [0.15, 0.2) is 9.84 Å². The van der Waals surface area contributed by atoms with Gasteiger partial charge in [-0.05, 0) is 30.3 Å². The number of rotatable bonds is 4. The first-order chi connectivity index (χ1) is 10.7. The molecule has 0 aliphatic heterocycles. The monoisotopic (exact) mass is 392 g/mol. The molecule has 0 aromatic heterocycles. The van der Waals surface area contributed by atoms with Gasteiger partial charge in [-0.3, -0.25) is 0 Å². The number of hydrogen-bond donors (Lipinski definition) is 0. The molecule has 0 radical (unpaired) electrons. The molecule has 122 valence electrons. The van der Waals surface area contributed by atoms with Gasteiger partial charge in [0.25, 0.3) is 0 Å². The lowest BCUT2D eigenvalue weighted by molar-refractivity contribution is 0.0473. The van der Waals surface area contributed by atoms with Crippen molar-refractivity contribution in [2.45, 2.75) is 11.5 Å². The highest BCUT2D eigenvalue weighted by molar-refractivity contribution is 7.90. The van der Waals surface area contributed by atoms with Gasteiger partial charge in [0.1, 0.15) is 6.61 Å². The molecule has 8 heteroatoms. The zero-order valence-electron chi connectivity index (χ0n) is 11.8. The van der Waals surface area contributed by atoms with E-state index in [1.807, 2.05) is 0 Å². The summed E-state index contributed by atoms with van der Waals surface area (Å²) in [7, 11) is -3.46. The first-order valence-corrected chi connectivity index (χ1v) is 9.31. The van der Waals surface area contributed by atoms with Gasteiger partial charge < -0.3 is 4.74 Å². The van der Waals surface area contributed by atoms with Crippen molar-refractivity contribution in [3.8, 4) is 0 Å². The maximum atomic E-state index is 12.1. The smallest absolute Gasteiger partial charge is 0.340 e. The Labute approximate surface area is 148 Å². The zero-order chi connectivity index (χ0) is 17.2. The van der Waals surface area contributed by atoms with Crippen LogP contribution >= 0.6 is 34.8 Å². The minimum absolute atomic E-state index is 0.0154. The maximum absolute atomic E-state index is 12.1. The van der Waals surface area contributed by atoms with E-state index in [0.29, 0.717) is 15.6 Å². The van der Waals surface area contributed by atoms with Crippen LogP contribution in [0.25, 0.3) is 0 Å². The molecule has 23 heavy (non-hydrogen) atoms. The number of carbonyl (C=O) groups is 1. The molecule has 2 aromatic carbocycles. The predicted octanol–water partition coefficient (Wildman–Crippen LogP) is 4.41. The molecule has 0 aliphatic rings. The summed E-state index contributed by atoms with van der Waals surface area (Å²) in [6.07, 6.45) is 1.04. The van der Waals surface area contributed by atoms with Crippen LogP contribution in [-0.4, -0.2) is 20.6 Å². The predicted molar refractivity (Wildman–Crippen MR) is 90.1 cm³/mol. The van der Waals surface area contributed by atoms with Crippen molar-refractivity contribution in [2.24, 2.45) is 0 Å². The Morgan fingerprint density at radius 1 is 1.04 bits per heavy atom. The number of benzene rings is 2. The minimum atomic E-state index is -3.46. The van der Waals surface area contributed by atoms with Gasteiger partial charge in [-0.1, -0.05) is 40.9 Å². The summed E-state index contributed by atoms with van der Waals surface area (Å²) in [5.74, 6) is -0.744. The molecule has 0 fully saturated rings. The Bertz CT molecular complexity index is 863. The van der Waals surface area contributed by atoms with Crippen LogP contribution in [0.5, 0.6) is 0 Å². The molecule has 0 saturated heterocycles. The fourth-order valence-corrected chi connectivity index (χ4v) is 3.06. The highest BCUT2D eigenvalue weighted by Crippen LogP contribution is 2.24. The van der Waals surface area contributed by atoms with E-state index >= 15 is 0 Å². The summed E-state index contributed by atoms with van der Waals surface area (Å²) in [6.45, 7) is -0.0890. The van der Waals surface area contributed by atoms with Crippen molar-refractivity contribution in [1.29, 1.82) is 0 Å². The van der Waals surface area contributed by atoms with E-state index in [2.05, 4.69) is 0 Å². The van der Waals surface area contributed by atoms with Gasteiger partial charge in [-0.2, -0.15) is 0 Å².